The predicted molar refractivity (Wildman–Crippen MR) is 118 cm³/mol. The number of carbonyl (C=O) groups is 2. The first-order valence-electron chi connectivity index (χ1n) is 10.8. The number of alkyl halides is 3. The minimum atomic E-state index is -4.59. The number of ether oxygens (including phenoxy) is 1. The molecule has 2 aromatic rings. The van der Waals surface area contributed by atoms with Gasteiger partial charge in [-0.05, 0) is 42.2 Å². The van der Waals surface area contributed by atoms with Crippen molar-refractivity contribution in [2.24, 2.45) is 17.8 Å². The maximum Gasteiger partial charge on any atom is 0.437 e. The van der Waals surface area contributed by atoms with Crippen LogP contribution in [0.5, 0.6) is 5.75 Å². The van der Waals surface area contributed by atoms with Crippen LogP contribution in [0.25, 0.3) is 0 Å². The van der Waals surface area contributed by atoms with E-state index >= 15 is 0 Å². The van der Waals surface area contributed by atoms with Crippen molar-refractivity contribution in [1.82, 2.24) is 9.88 Å². The Kier molecular flexibility index (Phi) is 6.67. The quantitative estimate of drug-likeness (QED) is 0.452. The molecule has 0 bridgehead atoms. The summed E-state index contributed by atoms with van der Waals surface area (Å²) in [5.41, 5.74) is -0.277. The molecule has 2 N–H and O–H groups in total. The van der Waals surface area contributed by atoms with Gasteiger partial charge in [-0.15, -0.1) is 0 Å². The van der Waals surface area contributed by atoms with Crippen LogP contribution in [0.1, 0.15) is 12.1 Å². The van der Waals surface area contributed by atoms with Crippen molar-refractivity contribution in [3.05, 3.63) is 66.0 Å². The van der Waals surface area contributed by atoms with E-state index in [1.165, 1.54) is 18.2 Å². The van der Waals surface area contributed by atoms with E-state index in [4.69, 9.17) is 10.1 Å². The Balaban J connectivity index is 1.28. The highest BCUT2D eigenvalue weighted by Gasteiger charge is 2.57. The summed E-state index contributed by atoms with van der Waals surface area (Å²) in [5.74, 6) is -0.584. The van der Waals surface area contributed by atoms with Gasteiger partial charge in [0.1, 0.15) is 5.75 Å². The third kappa shape index (κ3) is 5.27. The number of aromatic nitrogens is 1. The van der Waals surface area contributed by atoms with Crippen LogP contribution in [-0.2, 0) is 15.8 Å². The van der Waals surface area contributed by atoms with E-state index < -0.39 is 17.8 Å². The van der Waals surface area contributed by atoms with Crippen molar-refractivity contribution in [2.75, 3.05) is 25.0 Å². The van der Waals surface area contributed by atoms with E-state index in [1.54, 1.807) is 29.2 Å². The van der Waals surface area contributed by atoms with Crippen molar-refractivity contribution in [3.63, 3.8) is 0 Å². The predicted octanol–water partition coefficient (Wildman–Crippen LogP) is 3.79. The number of rotatable bonds is 8. The highest BCUT2D eigenvalue weighted by atomic mass is 19.4. The lowest BCUT2D eigenvalue weighted by Gasteiger charge is -2.21. The van der Waals surface area contributed by atoms with Gasteiger partial charge in [-0.1, -0.05) is 18.2 Å². The number of fused-ring (bicyclic) bond motifs is 1. The van der Waals surface area contributed by atoms with Gasteiger partial charge in [0.2, 0.25) is 5.91 Å². The second-order valence-corrected chi connectivity index (χ2v) is 8.30. The number of carbonyl (C=O) groups excluding carboxylic acids is 2. The first kappa shape index (κ1) is 23.5. The van der Waals surface area contributed by atoms with E-state index in [1.807, 2.05) is 6.07 Å². The second-order valence-electron chi connectivity index (χ2n) is 8.30. The van der Waals surface area contributed by atoms with Gasteiger partial charge in [0.15, 0.2) is 5.69 Å². The van der Waals surface area contributed by atoms with Gasteiger partial charge in [0.25, 0.3) is 5.91 Å². The number of amides is 2. The highest BCUT2D eigenvalue weighted by Crippen LogP contribution is 2.52. The second kappa shape index (κ2) is 9.66. The SMILES string of the molecule is N=C/C=C(/CC(=O)N1C[C@@H]2C(COc3cccnc3C(F)(F)F)[C@@H]2C1)C(=O)Nc1ccccc1. The first-order chi connectivity index (χ1) is 16.3. The van der Waals surface area contributed by atoms with Gasteiger partial charge >= 0.3 is 6.18 Å². The van der Waals surface area contributed by atoms with E-state index in [0.29, 0.717) is 18.8 Å². The van der Waals surface area contributed by atoms with Gasteiger partial charge in [-0.3, -0.25) is 9.59 Å². The number of piperidine rings is 1. The molecule has 0 spiro atoms. The topological polar surface area (TPSA) is 95.4 Å². The van der Waals surface area contributed by atoms with Crippen LogP contribution < -0.4 is 10.1 Å². The summed E-state index contributed by atoms with van der Waals surface area (Å²) >= 11 is 0. The summed E-state index contributed by atoms with van der Waals surface area (Å²) in [5, 5.41) is 10.0. The zero-order chi connectivity index (χ0) is 24.3. The number of benzene rings is 1. The van der Waals surface area contributed by atoms with Crippen molar-refractivity contribution >= 4 is 23.7 Å². The molecule has 4 rings (SSSR count). The molecule has 1 aromatic carbocycles. The standard InChI is InChI=1S/C24H23F3N4O3/c25-24(26,27)22-20(7-4-10-29-22)34-14-19-17-12-31(13-18(17)19)21(32)11-15(8-9-28)23(33)30-16-5-2-1-3-6-16/h1-10,17-19,28H,11-14H2,(H,30,33)/b15-8-,28-9?/t17-,18+,19?. The van der Waals surface area contributed by atoms with Gasteiger partial charge in [0.05, 0.1) is 13.0 Å². The van der Waals surface area contributed by atoms with E-state index in [2.05, 4.69) is 10.3 Å². The summed E-state index contributed by atoms with van der Waals surface area (Å²) in [4.78, 5) is 30.3. The van der Waals surface area contributed by atoms with Crippen LogP contribution in [-0.4, -0.2) is 47.6 Å². The maximum atomic E-state index is 13.1. The molecule has 1 saturated carbocycles. The molecule has 3 atom stereocenters. The number of anilines is 1. The van der Waals surface area contributed by atoms with Crippen LogP contribution in [0.3, 0.4) is 0 Å². The van der Waals surface area contributed by atoms with E-state index in [9.17, 15) is 22.8 Å². The molecule has 1 aliphatic heterocycles. The normalized spacial score (nSPS) is 21.6. The molecule has 2 heterocycles. The summed E-state index contributed by atoms with van der Waals surface area (Å²) in [6, 6.07) is 11.5. The number of likely N-dealkylation sites (tertiary alicyclic amines) is 1. The largest absolute Gasteiger partial charge is 0.491 e. The maximum absolute atomic E-state index is 13.1. The van der Waals surface area contributed by atoms with Crippen molar-refractivity contribution in [2.45, 2.75) is 12.6 Å². The number of hydrogen-bond donors (Lipinski definition) is 2. The fourth-order valence-corrected chi connectivity index (χ4v) is 4.33. The molecule has 7 nitrogen and oxygen atoms in total. The Morgan fingerprint density at radius 1 is 1.15 bits per heavy atom. The molecule has 0 radical (unpaired) electrons. The fraction of sp³-hybridized carbons (Fsp3) is 0.333. The zero-order valence-electron chi connectivity index (χ0n) is 18.1. The summed E-state index contributed by atoms with van der Waals surface area (Å²) in [6.45, 7) is 1.06. The lowest BCUT2D eigenvalue weighted by atomic mass is 10.1. The lowest BCUT2D eigenvalue weighted by molar-refractivity contribution is -0.142. The molecule has 34 heavy (non-hydrogen) atoms. The number of halogens is 3. The zero-order valence-corrected chi connectivity index (χ0v) is 18.1. The molecule has 2 fully saturated rings. The molecule has 1 saturated heterocycles. The highest BCUT2D eigenvalue weighted by molar-refractivity contribution is 6.08. The number of nitrogens with one attached hydrogen (secondary N) is 2. The Labute approximate surface area is 194 Å². The average molecular weight is 472 g/mol. The third-order valence-electron chi connectivity index (χ3n) is 6.14. The number of pyridine rings is 1. The molecule has 2 aliphatic rings. The molecule has 1 unspecified atom stereocenters. The Morgan fingerprint density at radius 2 is 1.85 bits per heavy atom. The molecule has 178 valence electrons. The molecular weight excluding hydrogens is 449 g/mol. The van der Waals surface area contributed by atoms with Gasteiger partial charge in [-0.2, -0.15) is 13.2 Å². The van der Waals surface area contributed by atoms with E-state index in [0.717, 1.165) is 12.4 Å². The number of allylic oxidation sites excluding steroid dienone is 1. The van der Waals surface area contributed by atoms with Gasteiger partial charge in [0, 0.05) is 42.7 Å². The first-order valence-corrected chi connectivity index (χ1v) is 10.8. The van der Waals surface area contributed by atoms with Crippen molar-refractivity contribution in [1.29, 1.82) is 5.41 Å². The average Bonchev–Trinajstić information content (AvgIpc) is 3.25. The fourth-order valence-electron chi connectivity index (χ4n) is 4.33. The monoisotopic (exact) mass is 472 g/mol. The molecule has 1 aromatic heterocycles. The third-order valence-corrected chi connectivity index (χ3v) is 6.14. The van der Waals surface area contributed by atoms with E-state index in [-0.39, 0.29) is 48.0 Å². The summed E-state index contributed by atoms with van der Waals surface area (Å²) in [6.07, 6.45) is -1.38. The van der Waals surface area contributed by atoms with Crippen LogP contribution in [0, 0.1) is 23.2 Å². The minimum Gasteiger partial charge on any atom is -0.491 e. The molecule has 10 heteroatoms. The van der Waals surface area contributed by atoms with Gasteiger partial charge < -0.3 is 20.4 Å². The molecular formula is C24H23F3N4O3. The van der Waals surface area contributed by atoms with Crippen LogP contribution in [0.2, 0.25) is 0 Å². The number of hydrogen-bond acceptors (Lipinski definition) is 5. The van der Waals surface area contributed by atoms with Crippen LogP contribution >= 0.6 is 0 Å². The minimum absolute atomic E-state index is 0.0725. The summed E-state index contributed by atoms with van der Waals surface area (Å²) in [7, 11) is 0. The van der Waals surface area contributed by atoms with Gasteiger partial charge in [-0.25, -0.2) is 4.98 Å². The van der Waals surface area contributed by atoms with Crippen molar-refractivity contribution < 1.29 is 27.5 Å². The van der Waals surface area contributed by atoms with Crippen molar-refractivity contribution in [3.8, 4) is 5.75 Å². The van der Waals surface area contributed by atoms with Crippen LogP contribution in [0.4, 0.5) is 18.9 Å². The molecule has 1 aliphatic carbocycles. The lowest BCUT2D eigenvalue weighted by Crippen LogP contribution is -2.33. The Morgan fingerprint density at radius 3 is 2.50 bits per heavy atom. The number of nitrogens with zero attached hydrogens (tertiary/aromatic N) is 2. The Hall–Kier alpha value is -3.69. The smallest absolute Gasteiger partial charge is 0.437 e. The number of para-hydroxylation sites is 1. The van der Waals surface area contributed by atoms with Crippen LogP contribution in [0.15, 0.2) is 60.3 Å². The summed E-state index contributed by atoms with van der Waals surface area (Å²) < 4.78 is 44.6. The Bertz CT molecular complexity index is 1090. The molecule has 2 amide bonds.